The molecule has 0 unspecified atom stereocenters. The van der Waals surface area contributed by atoms with E-state index in [2.05, 4.69) is 4.90 Å². The summed E-state index contributed by atoms with van der Waals surface area (Å²) in [6, 6.07) is -0.139. The maximum Gasteiger partial charge on any atom is 0.410 e. The average Bonchev–Trinajstić information content (AvgIpc) is 2.82. The molecule has 104 valence electrons. The van der Waals surface area contributed by atoms with E-state index in [9.17, 15) is 9.18 Å². The van der Waals surface area contributed by atoms with Gasteiger partial charge in [0.25, 0.3) is 0 Å². The standard InChI is InChI=1S/C13H23FN2O2/c1-13(2,3)18-12(17)16-8-10(14)11(9-16)15-6-4-5-7-15/h10-11H,4-9H2,1-3H3/t10-,11+/m0/s1. The fourth-order valence-corrected chi connectivity index (χ4v) is 2.64. The molecule has 0 saturated carbocycles. The van der Waals surface area contributed by atoms with E-state index in [1.54, 1.807) is 0 Å². The third kappa shape index (κ3) is 3.13. The summed E-state index contributed by atoms with van der Waals surface area (Å²) in [6.07, 6.45) is 0.924. The summed E-state index contributed by atoms with van der Waals surface area (Å²) in [5, 5.41) is 0. The molecule has 2 fully saturated rings. The van der Waals surface area contributed by atoms with Crippen molar-refractivity contribution in [3.63, 3.8) is 0 Å². The SMILES string of the molecule is CC(C)(C)OC(=O)N1C[C@@H](N2CCCC2)[C@@H](F)C1. The molecule has 2 heterocycles. The highest BCUT2D eigenvalue weighted by atomic mass is 19.1. The summed E-state index contributed by atoms with van der Waals surface area (Å²) in [7, 11) is 0. The van der Waals surface area contributed by atoms with Crippen molar-refractivity contribution in [2.24, 2.45) is 0 Å². The molecule has 0 aromatic heterocycles. The molecular formula is C13H23FN2O2. The summed E-state index contributed by atoms with van der Waals surface area (Å²) in [4.78, 5) is 15.5. The van der Waals surface area contributed by atoms with Crippen molar-refractivity contribution in [1.29, 1.82) is 0 Å². The zero-order valence-electron chi connectivity index (χ0n) is 11.5. The highest BCUT2D eigenvalue weighted by Crippen LogP contribution is 2.24. The second-order valence-electron chi connectivity index (χ2n) is 6.21. The first-order valence-corrected chi connectivity index (χ1v) is 6.73. The molecule has 0 radical (unpaired) electrons. The Labute approximate surface area is 108 Å². The highest BCUT2D eigenvalue weighted by Gasteiger charge is 2.40. The van der Waals surface area contributed by atoms with Crippen LogP contribution in [0.15, 0.2) is 0 Å². The Bertz CT molecular complexity index is 311. The molecule has 2 aliphatic heterocycles. The minimum Gasteiger partial charge on any atom is -0.444 e. The number of rotatable bonds is 1. The van der Waals surface area contributed by atoms with Gasteiger partial charge in [-0.15, -0.1) is 0 Å². The van der Waals surface area contributed by atoms with Gasteiger partial charge in [0.1, 0.15) is 11.8 Å². The maximum absolute atomic E-state index is 14.0. The van der Waals surface area contributed by atoms with E-state index in [1.807, 2.05) is 20.8 Å². The van der Waals surface area contributed by atoms with Crippen LogP contribution < -0.4 is 0 Å². The minimum absolute atomic E-state index is 0.139. The minimum atomic E-state index is -0.949. The number of alkyl halides is 1. The first kappa shape index (κ1) is 13.6. The molecule has 0 N–H and O–H groups in total. The fourth-order valence-electron chi connectivity index (χ4n) is 2.64. The van der Waals surface area contributed by atoms with Crippen LogP contribution in [0.1, 0.15) is 33.6 Å². The molecule has 2 rings (SSSR count). The molecule has 0 aromatic carbocycles. The maximum atomic E-state index is 14.0. The summed E-state index contributed by atoms with van der Waals surface area (Å²) in [5.74, 6) is 0. The van der Waals surface area contributed by atoms with E-state index >= 15 is 0 Å². The molecule has 5 heteroatoms. The van der Waals surface area contributed by atoms with Crippen molar-refractivity contribution < 1.29 is 13.9 Å². The van der Waals surface area contributed by atoms with Crippen LogP contribution in [0.25, 0.3) is 0 Å². The van der Waals surface area contributed by atoms with Gasteiger partial charge in [-0.25, -0.2) is 9.18 Å². The van der Waals surface area contributed by atoms with Crippen molar-refractivity contribution in [3.8, 4) is 0 Å². The number of carbonyl (C=O) groups is 1. The summed E-state index contributed by atoms with van der Waals surface area (Å²) >= 11 is 0. The van der Waals surface area contributed by atoms with Crippen LogP contribution in [0.5, 0.6) is 0 Å². The summed E-state index contributed by atoms with van der Waals surface area (Å²) in [6.45, 7) is 8.00. The Morgan fingerprint density at radius 2 is 1.83 bits per heavy atom. The molecule has 4 nitrogen and oxygen atoms in total. The van der Waals surface area contributed by atoms with Gasteiger partial charge in [-0.2, -0.15) is 0 Å². The lowest BCUT2D eigenvalue weighted by Gasteiger charge is -2.26. The molecule has 1 amide bonds. The number of ether oxygens (including phenoxy) is 1. The number of hydrogen-bond acceptors (Lipinski definition) is 3. The van der Waals surface area contributed by atoms with Crippen molar-refractivity contribution in [1.82, 2.24) is 9.80 Å². The first-order valence-electron chi connectivity index (χ1n) is 6.73. The van der Waals surface area contributed by atoms with Gasteiger partial charge in [0.05, 0.1) is 12.6 Å². The lowest BCUT2D eigenvalue weighted by molar-refractivity contribution is 0.0278. The van der Waals surface area contributed by atoms with Gasteiger partial charge in [-0.3, -0.25) is 4.90 Å². The molecular weight excluding hydrogens is 235 g/mol. The van der Waals surface area contributed by atoms with Crippen molar-refractivity contribution in [3.05, 3.63) is 0 Å². The van der Waals surface area contributed by atoms with Gasteiger partial charge in [-0.1, -0.05) is 0 Å². The number of halogens is 1. The zero-order valence-corrected chi connectivity index (χ0v) is 11.5. The molecule has 0 bridgehead atoms. The predicted octanol–water partition coefficient (Wildman–Crippen LogP) is 2.04. The Morgan fingerprint density at radius 3 is 2.39 bits per heavy atom. The molecule has 2 saturated heterocycles. The lowest BCUT2D eigenvalue weighted by Crippen LogP contribution is -2.41. The van der Waals surface area contributed by atoms with Crippen molar-refractivity contribution >= 4 is 6.09 Å². The van der Waals surface area contributed by atoms with Gasteiger partial charge < -0.3 is 9.64 Å². The van der Waals surface area contributed by atoms with E-state index in [0.717, 1.165) is 25.9 Å². The largest absolute Gasteiger partial charge is 0.444 e. The van der Waals surface area contributed by atoms with Gasteiger partial charge >= 0.3 is 6.09 Å². The monoisotopic (exact) mass is 258 g/mol. The van der Waals surface area contributed by atoms with Crippen molar-refractivity contribution in [2.75, 3.05) is 26.2 Å². The molecule has 2 aliphatic rings. The number of amides is 1. The number of likely N-dealkylation sites (tertiary alicyclic amines) is 2. The Hall–Kier alpha value is -0.840. The number of carbonyl (C=O) groups excluding carboxylic acids is 1. The van der Waals surface area contributed by atoms with E-state index in [-0.39, 0.29) is 12.6 Å². The highest BCUT2D eigenvalue weighted by molar-refractivity contribution is 5.68. The fraction of sp³-hybridized carbons (Fsp3) is 0.923. The van der Waals surface area contributed by atoms with E-state index in [4.69, 9.17) is 4.74 Å². The van der Waals surface area contributed by atoms with E-state index in [1.165, 1.54) is 4.90 Å². The summed E-state index contributed by atoms with van der Waals surface area (Å²) < 4.78 is 19.3. The van der Waals surface area contributed by atoms with E-state index in [0.29, 0.717) is 6.54 Å². The smallest absolute Gasteiger partial charge is 0.410 e. The third-order valence-corrected chi connectivity index (χ3v) is 3.48. The second kappa shape index (κ2) is 5.03. The average molecular weight is 258 g/mol. The van der Waals surface area contributed by atoms with Crippen LogP contribution in [-0.4, -0.2) is 59.9 Å². The third-order valence-electron chi connectivity index (χ3n) is 3.48. The molecule has 2 atom stereocenters. The van der Waals surface area contributed by atoms with Crippen LogP contribution in [0.4, 0.5) is 9.18 Å². The second-order valence-corrected chi connectivity index (χ2v) is 6.21. The normalized spacial score (nSPS) is 29.9. The first-order chi connectivity index (χ1) is 8.37. The Balaban J connectivity index is 1.91. The van der Waals surface area contributed by atoms with Gasteiger partial charge in [0.15, 0.2) is 0 Å². The van der Waals surface area contributed by atoms with Gasteiger partial charge in [0.2, 0.25) is 0 Å². The number of hydrogen-bond donors (Lipinski definition) is 0. The van der Waals surface area contributed by atoms with E-state index < -0.39 is 17.9 Å². The van der Waals surface area contributed by atoms with Crippen LogP contribution in [0, 0.1) is 0 Å². The van der Waals surface area contributed by atoms with Crippen molar-refractivity contribution in [2.45, 2.75) is 51.4 Å². The quantitative estimate of drug-likeness (QED) is 0.721. The summed E-state index contributed by atoms with van der Waals surface area (Å²) in [5.41, 5.74) is -0.519. The number of nitrogens with zero attached hydrogens (tertiary/aromatic N) is 2. The van der Waals surface area contributed by atoms with Gasteiger partial charge in [0, 0.05) is 6.54 Å². The van der Waals surface area contributed by atoms with Crippen LogP contribution >= 0.6 is 0 Å². The topological polar surface area (TPSA) is 32.8 Å². The zero-order chi connectivity index (χ0) is 13.3. The van der Waals surface area contributed by atoms with Gasteiger partial charge in [-0.05, 0) is 46.7 Å². The lowest BCUT2D eigenvalue weighted by atomic mass is 10.2. The molecule has 0 spiro atoms. The Morgan fingerprint density at radius 1 is 1.22 bits per heavy atom. The van der Waals surface area contributed by atoms with Crippen LogP contribution in [0.2, 0.25) is 0 Å². The molecule has 0 aliphatic carbocycles. The molecule has 0 aromatic rings. The predicted molar refractivity (Wildman–Crippen MR) is 67.3 cm³/mol. The Kier molecular flexibility index (Phi) is 3.80. The molecule has 18 heavy (non-hydrogen) atoms. The van der Waals surface area contributed by atoms with Crippen LogP contribution in [0.3, 0.4) is 0 Å². The van der Waals surface area contributed by atoms with Crippen LogP contribution in [-0.2, 0) is 4.74 Å².